The number of halogens is 2. The molecule has 0 aromatic heterocycles. The number of nitrogens with zero attached hydrogens (tertiary/aromatic N) is 1. The molecule has 0 saturated heterocycles. The number of carbonyl (C=O) groups is 2. The zero-order valence-corrected chi connectivity index (χ0v) is 20.7. The standard InChI is InChI=1S/C26H22Cl2N2O2S/c1-15(2)17-4-9-20(10-5-17)29-23-24(33-21-11-6-18(27)7-12-21)26(32)30(25(23)31)22-13-8-19(28)14-16(22)3/h4-15,29H,1-3H3. The van der Waals surface area contributed by atoms with Crippen molar-refractivity contribution in [1.29, 1.82) is 0 Å². The lowest BCUT2D eigenvalue weighted by Crippen LogP contribution is -2.32. The number of amides is 2. The van der Waals surface area contributed by atoms with E-state index >= 15 is 0 Å². The summed E-state index contributed by atoms with van der Waals surface area (Å²) in [4.78, 5) is 29.3. The van der Waals surface area contributed by atoms with Crippen LogP contribution >= 0.6 is 35.0 Å². The lowest BCUT2D eigenvalue weighted by Gasteiger charge is -2.18. The second-order valence-electron chi connectivity index (χ2n) is 8.04. The third-order valence-electron chi connectivity index (χ3n) is 5.32. The third-order valence-corrected chi connectivity index (χ3v) is 6.90. The van der Waals surface area contributed by atoms with Crippen LogP contribution in [0.2, 0.25) is 10.0 Å². The Bertz CT molecular complexity index is 1250. The van der Waals surface area contributed by atoms with Gasteiger partial charge < -0.3 is 5.32 Å². The summed E-state index contributed by atoms with van der Waals surface area (Å²) in [6, 6.07) is 20.1. The van der Waals surface area contributed by atoms with Gasteiger partial charge in [-0.15, -0.1) is 0 Å². The molecule has 4 rings (SSSR count). The van der Waals surface area contributed by atoms with Crippen molar-refractivity contribution in [2.45, 2.75) is 31.6 Å². The van der Waals surface area contributed by atoms with Gasteiger partial charge in [0.05, 0.1) is 5.69 Å². The van der Waals surface area contributed by atoms with Crippen molar-refractivity contribution in [3.8, 4) is 0 Å². The molecule has 1 N–H and O–H groups in total. The number of hydrogen-bond donors (Lipinski definition) is 1. The van der Waals surface area contributed by atoms with Gasteiger partial charge in [-0.05, 0) is 78.6 Å². The van der Waals surface area contributed by atoms with Gasteiger partial charge in [0.1, 0.15) is 10.6 Å². The van der Waals surface area contributed by atoms with E-state index in [1.807, 2.05) is 43.3 Å². The molecular formula is C26H22Cl2N2O2S. The summed E-state index contributed by atoms with van der Waals surface area (Å²) < 4.78 is 0. The van der Waals surface area contributed by atoms with Gasteiger partial charge in [-0.1, -0.05) is 60.9 Å². The first kappa shape index (κ1) is 23.4. The van der Waals surface area contributed by atoms with Crippen LogP contribution in [-0.2, 0) is 9.59 Å². The van der Waals surface area contributed by atoms with Gasteiger partial charge in [-0.25, -0.2) is 4.90 Å². The number of benzene rings is 3. The first-order valence-electron chi connectivity index (χ1n) is 10.4. The molecule has 1 aliphatic heterocycles. The van der Waals surface area contributed by atoms with E-state index in [-0.39, 0.29) is 11.6 Å². The summed E-state index contributed by atoms with van der Waals surface area (Å²) in [6.07, 6.45) is 0. The second-order valence-corrected chi connectivity index (χ2v) is 9.99. The molecule has 7 heteroatoms. The highest BCUT2D eigenvalue weighted by Crippen LogP contribution is 2.39. The van der Waals surface area contributed by atoms with Crippen LogP contribution in [0.5, 0.6) is 0 Å². The number of imide groups is 1. The monoisotopic (exact) mass is 496 g/mol. The van der Waals surface area contributed by atoms with Crippen molar-refractivity contribution in [3.63, 3.8) is 0 Å². The van der Waals surface area contributed by atoms with Gasteiger partial charge in [-0.2, -0.15) is 0 Å². The number of nitrogens with one attached hydrogen (secondary N) is 1. The van der Waals surface area contributed by atoms with E-state index in [4.69, 9.17) is 23.2 Å². The fraction of sp³-hybridized carbons (Fsp3) is 0.154. The van der Waals surface area contributed by atoms with Crippen LogP contribution in [0.25, 0.3) is 0 Å². The van der Waals surface area contributed by atoms with Crippen molar-refractivity contribution >= 4 is 58.2 Å². The topological polar surface area (TPSA) is 49.4 Å². The van der Waals surface area contributed by atoms with Crippen LogP contribution in [0.3, 0.4) is 0 Å². The molecule has 0 radical (unpaired) electrons. The molecule has 1 aliphatic rings. The molecule has 168 valence electrons. The fourth-order valence-electron chi connectivity index (χ4n) is 3.52. The maximum Gasteiger partial charge on any atom is 0.283 e. The summed E-state index contributed by atoms with van der Waals surface area (Å²) in [5, 5.41) is 4.34. The number of thioether (sulfide) groups is 1. The number of rotatable bonds is 6. The molecule has 0 aliphatic carbocycles. The molecule has 0 spiro atoms. The summed E-state index contributed by atoms with van der Waals surface area (Å²) >= 11 is 13.3. The van der Waals surface area contributed by atoms with Gasteiger partial charge in [0.2, 0.25) is 0 Å². The average molecular weight is 497 g/mol. The lowest BCUT2D eigenvalue weighted by atomic mass is 10.0. The Hall–Kier alpha value is -2.73. The Morgan fingerprint density at radius 1 is 0.848 bits per heavy atom. The maximum atomic E-state index is 13.5. The van der Waals surface area contributed by atoms with Gasteiger partial charge in [-0.3, -0.25) is 9.59 Å². The fourth-order valence-corrected chi connectivity index (χ4v) is 4.80. The van der Waals surface area contributed by atoms with Crippen LogP contribution in [-0.4, -0.2) is 11.8 Å². The van der Waals surface area contributed by atoms with E-state index in [0.29, 0.717) is 26.6 Å². The summed E-state index contributed by atoms with van der Waals surface area (Å²) in [7, 11) is 0. The Kier molecular flexibility index (Phi) is 6.84. The van der Waals surface area contributed by atoms with Gasteiger partial charge in [0, 0.05) is 20.6 Å². The van der Waals surface area contributed by atoms with Crippen LogP contribution in [0, 0.1) is 6.92 Å². The van der Waals surface area contributed by atoms with Crippen molar-refractivity contribution in [3.05, 3.63) is 98.5 Å². The molecule has 3 aromatic carbocycles. The van der Waals surface area contributed by atoms with Crippen molar-refractivity contribution in [1.82, 2.24) is 0 Å². The summed E-state index contributed by atoms with van der Waals surface area (Å²) in [6.45, 7) is 6.07. The van der Waals surface area contributed by atoms with Crippen LogP contribution in [0.15, 0.2) is 82.2 Å². The molecule has 2 amide bonds. The zero-order chi connectivity index (χ0) is 23.7. The smallest absolute Gasteiger partial charge is 0.283 e. The van der Waals surface area contributed by atoms with Crippen molar-refractivity contribution in [2.75, 3.05) is 10.2 Å². The van der Waals surface area contributed by atoms with E-state index in [1.165, 1.54) is 22.2 Å². The van der Waals surface area contributed by atoms with E-state index in [0.717, 1.165) is 16.1 Å². The van der Waals surface area contributed by atoms with E-state index in [9.17, 15) is 9.59 Å². The first-order chi connectivity index (χ1) is 15.7. The minimum Gasteiger partial charge on any atom is -0.350 e. The SMILES string of the molecule is Cc1cc(Cl)ccc1N1C(=O)C(Nc2ccc(C(C)C)cc2)=C(Sc2ccc(Cl)cc2)C1=O. The summed E-state index contributed by atoms with van der Waals surface area (Å²) in [5.74, 6) is -0.395. The molecule has 33 heavy (non-hydrogen) atoms. The van der Waals surface area contributed by atoms with Crippen molar-refractivity contribution in [2.24, 2.45) is 0 Å². The molecular weight excluding hydrogens is 475 g/mol. The Morgan fingerprint density at radius 3 is 2.09 bits per heavy atom. The Morgan fingerprint density at radius 2 is 1.48 bits per heavy atom. The molecule has 1 heterocycles. The highest BCUT2D eigenvalue weighted by molar-refractivity contribution is 8.04. The normalized spacial score (nSPS) is 13.9. The lowest BCUT2D eigenvalue weighted by molar-refractivity contribution is -0.120. The van der Waals surface area contributed by atoms with Gasteiger partial charge in [0.15, 0.2) is 0 Å². The Balaban J connectivity index is 1.73. The average Bonchev–Trinajstić information content (AvgIpc) is 3.00. The van der Waals surface area contributed by atoms with Crippen LogP contribution in [0.1, 0.15) is 30.9 Å². The van der Waals surface area contributed by atoms with Gasteiger partial charge in [0.25, 0.3) is 11.8 Å². The first-order valence-corrected chi connectivity index (χ1v) is 12.0. The number of hydrogen-bond acceptors (Lipinski definition) is 4. The minimum absolute atomic E-state index is 0.242. The number of aryl methyl sites for hydroxylation is 1. The molecule has 0 unspecified atom stereocenters. The minimum atomic E-state index is -0.408. The Labute approximate surface area is 207 Å². The summed E-state index contributed by atoms with van der Waals surface area (Å²) in [5.41, 5.74) is 3.42. The largest absolute Gasteiger partial charge is 0.350 e. The third kappa shape index (κ3) is 4.96. The molecule has 4 nitrogen and oxygen atoms in total. The van der Waals surface area contributed by atoms with E-state index in [2.05, 4.69) is 19.2 Å². The predicted octanol–water partition coefficient (Wildman–Crippen LogP) is 7.41. The molecule has 0 bridgehead atoms. The maximum absolute atomic E-state index is 13.5. The molecule has 0 saturated carbocycles. The predicted molar refractivity (Wildman–Crippen MR) is 137 cm³/mol. The van der Waals surface area contributed by atoms with Crippen LogP contribution < -0.4 is 10.2 Å². The zero-order valence-electron chi connectivity index (χ0n) is 18.4. The quantitative estimate of drug-likeness (QED) is 0.360. The molecule has 0 atom stereocenters. The highest BCUT2D eigenvalue weighted by atomic mass is 35.5. The highest BCUT2D eigenvalue weighted by Gasteiger charge is 2.40. The molecule has 3 aromatic rings. The van der Waals surface area contributed by atoms with E-state index < -0.39 is 5.91 Å². The molecule has 0 fully saturated rings. The van der Waals surface area contributed by atoms with Crippen LogP contribution in [0.4, 0.5) is 11.4 Å². The van der Waals surface area contributed by atoms with E-state index in [1.54, 1.807) is 30.3 Å². The number of anilines is 2. The number of carbonyl (C=O) groups excluding carboxylic acids is 2. The van der Waals surface area contributed by atoms with Gasteiger partial charge >= 0.3 is 0 Å². The second kappa shape index (κ2) is 9.64. The van der Waals surface area contributed by atoms with Crippen molar-refractivity contribution < 1.29 is 9.59 Å².